The number of phenolic OH excluding ortho intramolecular Hbond substituents is 3. The summed E-state index contributed by atoms with van der Waals surface area (Å²) in [6, 6.07) is 22.5. The van der Waals surface area contributed by atoms with Gasteiger partial charge in [-0.25, -0.2) is 4.79 Å². The minimum absolute atomic E-state index is 0.0246. The summed E-state index contributed by atoms with van der Waals surface area (Å²) < 4.78 is 10.5. The quantitative estimate of drug-likeness (QED) is 0.0637. The molecule has 0 spiro atoms. The van der Waals surface area contributed by atoms with Crippen LogP contribution in [-0.4, -0.2) is 76.7 Å². The largest absolute Gasteiger partial charge is 0.508 e. The molecule has 17 heteroatoms. The number of hydrogen-bond acceptors (Lipinski definition) is 11. The third kappa shape index (κ3) is 10.3. The van der Waals surface area contributed by atoms with Gasteiger partial charge in [-0.1, -0.05) is 12.1 Å². The van der Waals surface area contributed by atoms with E-state index in [1.807, 2.05) is 0 Å². The first-order chi connectivity index (χ1) is 28.2. The van der Waals surface area contributed by atoms with Crippen molar-refractivity contribution in [3.8, 4) is 28.7 Å². The molecule has 17 nitrogen and oxygen atoms in total. The van der Waals surface area contributed by atoms with Gasteiger partial charge in [0.05, 0.1) is 48.8 Å². The number of aromatic hydroxyl groups is 3. The Hall–Kier alpha value is -8.34. The molecule has 0 bridgehead atoms. The topological polar surface area (TPSA) is 262 Å². The number of ether oxygens (including phenoxy) is 2. The third-order valence-electron chi connectivity index (χ3n) is 8.52. The number of carbonyl (C=O) groups is 6. The van der Waals surface area contributed by atoms with Gasteiger partial charge in [0.25, 0.3) is 23.6 Å². The van der Waals surface area contributed by atoms with Gasteiger partial charge in [0.1, 0.15) is 5.75 Å². The van der Waals surface area contributed by atoms with E-state index in [9.17, 15) is 44.1 Å². The summed E-state index contributed by atoms with van der Waals surface area (Å²) in [4.78, 5) is 75.4. The maximum atomic E-state index is 13.1. The number of aromatic carboxylic acids is 1. The molecule has 0 radical (unpaired) electrons. The lowest BCUT2D eigenvalue weighted by atomic mass is 10.1. The summed E-state index contributed by atoms with van der Waals surface area (Å²) in [6.45, 7) is 1.07. The average molecular weight is 804 g/mol. The zero-order valence-electron chi connectivity index (χ0n) is 31.6. The van der Waals surface area contributed by atoms with Crippen molar-refractivity contribution >= 4 is 64.3 Å². The molecule has 0 fully saturated rings. The van der Waals surface area contributed by atoms with Crippen molar-refractivity contribution in [2.24, 2.45) is 0 Å². The summed E-state index contributed by atoms with van der Waals surface area (Å²) in [7, 11) is 2.47. The van der Waals surface area contributed by atoms with Crippen molar-refractivity contribution in [1.29, 1.82) is 0 Å². The van der Waals surface area contributed by atoms with Crippen molar-refractivity contribution in [3.05, 3.63) is 130 Å². The monoisotopic (exact) mass is 803 g/mol. The number of phenols is 3. The lowest BCUT2D eigenvalue weighted by Gasteiger charge is -2.15. The average Bonchev–Trinajstić information content (AvgIpc) is 3.21. The molecule has 0 aliphatic heterocycles. The van der Waals surface area contributed by atoms with Gasteiger partial charge in [-0.3, -0.25) is 24.0 Å². The molecule has 0 unspecified atom stereocenters. The van der Waals surface area contributed by atoms with E-state index in [4.69, 9.17) is 14.6 Å². The first-order valence-corrected chi connectivity index (χ1v) is 17.4. The Labute approximate surface area is 335 Å². The summed E-state index contributed by atoms with van der Waals surface area (Å²) in [5.74, 6) is -5.87. The number of rotatable bonds is 14. The SMILES string of the molecule is COc1c(NC(=O)/C(C)=C/c2ccc(O)cc2)ccc(C(=O)NCC(=O)Nc2ccc(C(=O)Nc3ccc(C(=O)Nc4ccc(C(=O)O)cc4)c(O)c3OC)cc2)c1O. The van der Waals surface area contributed by atoms with E-state index in [0.29, 0.717) is 11.1 Å². The lowest BCUT2D eigenvalue weighted by Crippen LogP contribution is -2.33. The highest BCUT2D eigenvalue weighted by atomic mass is 16.5. The smallest absolute Gasteiger partial charge is 0.335 e. The summed E-state index contributed by atoms with van der Waals surface area (Å²) in [5.41, 5.74) is 1.43. The number of carboxylic acids is 1. The Balaban J connectivity index is 1.15. The molecule has 0 aromatic heterocycles. The van der Waals surface area contributed by atoms with E-state index < -0.39 is 53.5 Å². The van der Waals surface area contributed by atoms with E-state index in [0.717, 1.165) is 0 Å². The number of nitrogens with one attached hydrogen (secondary N) is 5. The van der Waals surface area contributed by atoms with Crippen LogP contribution >= 0.6 is 0 Å². The predicted octanol–water partition coefficient (Wildman–Crippen LogP) is 5.43. The number of amides is 5. The fourth-order valence-corrected chi connectivity index (χ4v) is 5.48. The van der Waals surface area contributed by atoms with Gasteiger partial charge in [0.15, 0.2) is 23.0 Å². The molecular weight excluding hydrogens is 766 g/mol. The molecule has 59 heavy (non-hydrogen) atoms. The molecular formula is C42H37N5O12. The van der Waals surface area contributed by atoms with Crippen LogP contribution in [0.2, 0.25) is 0 Å². The molecule has 5 aromatic carbocycles. The van der Waals surface area contributed by atoms with Crippen LogP contribution in [0.15, 0.2) is 103 Å². The van der Waals surface area contributed by atoms with Crippen molar-refractivity contribution in [2.45, 2.75) is 6.92 Å². The maximum Gasteiger partial charge on any atom is 0.335 e. The van der Waals surface area contributed by atoms with Crippen LogP contribution in [0.5, 0.6) is 28.7 Å². The Morgan fingerprint density at radius 3 is 1.63 bits per heavy atom. The van der Waals surface area contributed by atoms with Gasteiger partial charge < -0.3 is 56.5 Å². The van der Waals surface area contributed by atoms with Gasteiger partial charge in [-0.05, 0) is 103 Å². The molecule has 5 aromatic rings. The van der Waals surface area contributed by atoms with Crippen molar-refractivity contribution < 1.29 is 58.7 Å². The van der Waals surface area contributed by atoms with Gasteiger partial charge in [-0.15, -0.1) is 0 Å². The van der Waals surface area contributed by atoms with Crippen molar-refractivity contribution in [3.63, 3.8) is 0 Å². The van der Waals surface area contributed by atoms with Crippen molar-refractivity contribution in [2.75, 3.05) is 42.0 Å². The van der Waals surface area contributed by atoms with Gasteiger partial charge in [0, 0.05) is 22.5 Å². The van der Waals surface area contributed by atoms with E-state index in [1.54, 1.807) is 25.1 Å². The Bertz CT molecular complexity index is 2460. The van der Waals surface area contributed by atoms with E-state index in [-0.39, 0.29) is 62.3 Å². The van der Waals surface area contributed by atoms with Crippen LogP contribution in [-0.2, 0) is 9.59 Å². The Morgan fingerprint density at radius 1 is 0.576 bits per heavy atom. The van der Waals surface area contributed by atoms with Crippen LogP contribution in [0.4, 0.5) is 22.7 Å². The predicted molar refractivity (Wildman–Crippen MR) is 216 cm³/mol. The van der Waals surface area contributed by atoms with Crippen LogP contribution in [0.3, 0.4) is 0 Å². The first-order valence-electron chi connectivity index (χ1n) is 17.4. The van der Waals surface area contributed by atoms with E-state index in [1.165, 1.54) is 99.1 Å². The summed E-state index contributed by atoms with van der Waals surface area (Å²) in [5, 5.41) is 52.9. The van der Waals surface area contributed by atoms with E-state index in [2.05, 4.69) is 26.6 Å². The van der Waals surface area contributed by atoms with Gasteiger partial charge >= 0.3 is 5.97 Å². The minimum atomic E-state index is -1.13. The lowest BCUT2D eigenvalue weighted by molar-refractivity contribution is -0.115. The second-order valence-electron chi connectivity index (χ2n) is 12.6. The zero-order valence-corrected chi connectivity index (χ0v) is 31.6. The second kappa shape index (κ2) is 18.5. The van der Waals surface area contributed by atoms with E-state index >= 15 is 0 Å². The molecule has 0 aliphatic carbocycles. The van der Waals surface area contributed by atoms with Crippen LogP contribution in [0.1, 0.15) is 53.9 Å². The molecule has 0 atom stereocenters. The molecule has 0 heterocycles. The maximum absolute atomic E-state index is 13.1. The molecule has 302 valence electrons. The highest BCUT2D eigenvalue weighted by molar-refractivity contribution is 6.10. The highest BCUT2D eigenvalue weighted by Crippen LogP contribution is 2.39. The molecule has 5 amide bonds. The molecule has 0 aliphatic rings. The number of hydrogen-bond donors (Lipinski definition) is 9. The summed E-state index contributed by atoms with van der Waals surface area (Å²) in [6.07, 6.45) is 1.59. The van der Waals surface area contributed by atoms with Gasteiger partial charge in [-0.2, -0.15) is 0 Å². The first kappa shape index (κ1) is 41.8. The Morgan fingerprint density at radius 2 is 1.08 bits per heavy atom. The normalized spacial score (nSPS) is 10.8. The van der Waals surface area contributed by atoms with Crippen LogP contribution < -0.4 is 36.1 Å². The fourth-order valence-electron chi connectivity index (χ4n) is 5.48. The minimum Gasteiger partial charge on any atom is -0.508 e. The molecule has 0 saturated heterocycles. The zero-order chi connectivity index (χ0) is 42.8. The molecule has 0 saturated carbocycles. The summed E-state index contributed by atoms with van der Waals surface area (Å²) >= 11 is 0. The van der Waals surface area contributed by atoms with Crippen molar-refractivity contribution in [1.82, 2.24) is 5.32 Å². The number of benzene rings is 5. The number of anilines is 4. The van der Waals surface area contributed by atoms with Gasteiger partial charge in [0.2, 0.25) is 5.91 Å². The Kier molecular flexibility index (Phi) is 13.1. The highest BCUT2D eigenvalue weighted by Gasteiger charge is 2.22. The number of methoxy groups -OCH3 is 2. The number of carbonyl (C=O) groups excluding carboxylic acids is 5. The standard InChI is InChI=1S/C42H37N5O12/c1-22(20-23-4-14-28(48)15-5-23)38(52)46-31-18-16-29(34(50)36(31)58-2)40(54)43-21-33(49)44-26-10-6-24(7-11-26)39(53)47-32-19-17-30(35(51)37(32)59-3)41(55)45-27-12-8-25(9-13-27)42(56)57/h4-20,48,50-51H,21H2,1-3H3,(H,43,54)(H,44,49)(H,45,55)(H,46,52)(H,47,53)(H,56,57)/b22-20+. The second-order valence-corrected chi connectivity index (χ2v) is 12.6. The fraction of sp³-hybridized carbons (Fsp3) is 0.0952. The molecule has 9 N–H and O–H groups in total. The number of carboxylic acid groups (broad SMARTS) is 1. The molecule has 5 rings (SSSR count). The third-order valence-corrected chi connectivity index (χ3v) is 8.52. The van der Waals surface area contributed by atoms with Crippen LogP contribution in [0, 0.1) is 0 Å². The van der Waals surface area contributed by atoms with Crippen LogP contribution in [0.25, 0.3) is 6.08 Å².